The summed E-state index contributed by atoms with van der Waals surface area (Å²) in [7, 11) is 1.86. The highest BCUT2D eigenvalue weighted by Crippen LogP contribution is 2.23. The highest BCUT2D eigenvalue weighted by atomic mass is 19.4. The average molecular weight is 339 g/mol. The van der Waals surface area contributed by atoms with Crippen molar-refractivity contribution in [2.75, 3.05) is 13.6 Å². The van der Waals surface area contributed by atoms with Crippen molar-refractivity contribution in [3.63, 3.8) is 0 Å². The minimum Gasteiger partial charge on any atom is -0.406 e. The lowest BCUT2D eigenvalue weighted by Crippen LogP contribution is -2.30. The number of aliphatic hydroxyl groups excluding tert-OH is 1. The second-order valence-electron chi connectivity index (χ2n) is 5.73. The van der Waals surface area contributed by atoms with Gasteiger partial charge in [0.15, 0.2) is 0 Å². The van der Waals surface area contributed by atoms with Gasteiger partial charge in [-0.25, -0.2) is 0 Å². The Labute approximate surface area is 139 Å². The summed E-state index contributed by atoms with van der Waals surface area (Å²) in [6, 6.07) is 15.4. The lowest BCUT2D eigenvalue weighted by molar-refractivity contribution is -0.274. The molecule has 130 valence electrons. The quantitative estimate of drug-likeness (QED) is 0.836. The molecule has 2 aromatic rings. The van der Waals surface area contributed by atoms with Gasteiger partial charge >= 0.3 is 6.36 Å². The van der Waals surface area contributed by atoms with Crippen LogP contribution in [0.25, 0.3) is 0 Å². The molecule has 0 aliphatic heterocycles. The molecule has 0 saturated heterocycles. The predicted octanol–water partition coefficient (Wildman–Crippen LogP) is 3.62. The van der Waals surface area contributed by atoms with Gasteiger partial charge < -0.3 is 9.84 Å². The summed E-state index contributed by atoms with van der Waals surface area (Å²) in [4.78, 5) is 1.92. The number of hydrogen-bond donors (Lipinski definition) is 1. The summed E-state index contributed by atoms with van der Waals surface area (Å²) in [5.41, 5.74) is 1.91. The maximum Gasteiger partial charge on any atom is 0.573 e. The standard InChI is InChI=1S/C18H20F3NO2/c1-22(13-16(23)11-14-5-3-2-4-6-14)12-15-7-9-17(10-8-15)24-18(19,20)21/h2-10,16,23H,11-13H2,1H3. The number of hydrogen-bond acceptors (Lipinski definition) is 3. The van der Waals surface area contributed by atoms with E-state index in [2.05, 4.69) is 4.74 Å². The van der Waals surface area contributed by atoms with Crippen molar-refractivity contribution in [1.29, 1.82) is 0 Å². The number of likely N-dealkylation sites (N-methyl/N-ethyl adjacent to an activating group) is 1. The van der Waals surface area contributed by atoms with Gasteiger partial charge in [0.1, 0.15) is 5.75 Å². The van der Waals surface area contributed by atoms with Crippen LogP contribution in [0, 0.1) is 0 Å². The summed E-state index contributed by atoms with van der Waals surface area (Å²) in [5.74, 6) is -0.238. The van der Waals surface area contributed by atoms with Gasteiger partial charge in [-0.2, -0.15) is 0 Å². The molecule has 0 amide bonds. The van der Waals surface area contributed by atoms with Crippen molar-refractivity contribution < 1.29 is 23.0 Å². The molecule has 2 aromatic carbocycles. The lowest BCUT2D eigenvalue weighted by Gasteiger charge is -2.21. The van der Waals surface area contributed by atoms with Gasteiger partial charge in [-0.15, -0.1) is 13.2 Å². The number of aliphatic hydroxyl groups is 1. The van der Waals surface area contributed by atoms with E-state index in [1.807, 2.05) is 42.3 Å². The largest absolute Gasteiger partial charge is 0.573 e. The monoisotopic (exact) mass is 339 g/mol. The smallest absolute Gasteiger partial charge is 0.406 e. The fourth-order valence-corrected chi connectivity index (χ4v) is 2.48. The van der Waals surface area contributed by atoms with E-state index < -0.39 is 12.5 Å². The maximum absolute atomic E-state index is 12.1. The second kappa shape index (κ2) is 8.17. The summed E-state index contributed by atoms with van der Waals surface area (Å²) in [5, 5.41) is 10.1. The number of rotatable bonds is 7. The molecule has 0 saturated carbocycles. The SMILES string of the molecule is CN(Cc1ccc(OC(F)(F)F)cc1)CC(O)Cc1ccccc1. The lowest BCUT2D eigenvalue weighted by atomic mass is 10.1. The Balaban J connectivity index is 1.82. The third kappa shape index (κ3) is 6.60. The maximum atomic E-state index is 12.1. The van der Waals surface area contributed by atoms with Crippen LogP contribution < -0.4 is 4.74 Å². The normalized spacial score (nSPS) is 13.1. The minimum absolute atomic E-state index is 0.238. The molecule has 0 heterocycles. The molecule has 6 heteroatoms. The first-order valence-corrected chi connectivity index (χ1v) is 7.57. The van der Waals surface area contributed by atoms with Gasteiger partial charge in [0.2, 0.25) is 0 Å². The zero-order valence-electron chi connectivity index (χ0n) is 13.3. The molecule has 1 atom stereocenters. The summed E-state index contributed by atoms with van der Waals surface area (Å²) in [6.07, 6.45) is -4.63. The first-order valence-electron chi connectivity index (χ1n) is 7.57. The van der Waals surface area contributed by atoms with Crippen molar-refractivity contribution in [2.45, 2.75) is 25.4 Å². The van der Waals surface area contributed by atoms with Crippen LogP contribution in [0.1, 0.15) is 11.1 Å². The van der Waals surface area contributed by atoms with Crippen molar-refractivity contribution in [3.05, 3.63) is 65.7 Å². The van der Waals surface area contributed by atoms with E-state index in [1.54, 1.807) is 12.1 Å². The third-order valence-electron chi connectivity index (χ3n) is 3.45. The van der Waals surface area contributed by atoms with Crippen LogP contribution in [0.4, 0.5) is 13.2 Å². The number of alkyl halides is 3. The van der Waals surface area contributed by atoms with Crippen molar-refractivity contribution in [3.8, 4) is 5.75 Å². The van der Waals surface area contributed by atoms with Gasteiger partial charge in [0, 0.05) is 13.1 Å². The van der Waals surface area contributed by atoms with E-state index in [1.165, 1.54) is 12.1 Å². The molecule has 1 N–H and O–H groups in total. The van der Waals surface area contributed by atoms with Gasteiger partial charge in [0.05, 0.1) is 6.10 Å². The molecular weight excluding hydrogens is 319 g/mol. The Hall–Kier alpha value is -2.05. The molecule has 0 aliphatic carbocycles. The molecular formula is C18H20F3NO2. The third-order valence-corrected chi connectivity index (χ3v) is 3.45. The fraction of sp³-hybridized carbons (Fsp3) is 0.333. The van der Waals surface area contributed by atoms with Crippen molar-refractivity contribution in [1.82, 2.24) is 4.90 Å². The van der Waals surface area contributed by atoms with Crippen LogP contribution >= 0.6 is 0 Å². The molecule has 24 heavy (non-hydrogen) atoms. The van der Waals surface area contributed by atoms with Gasteiger partial charge in [-0.1, -0.05) is 42.5 Å². The highest BCUT2D eigenvalue weighted by molar-refractivity contribution is 5.27. The summed E-state index contributed by atoms with van der Waals surface area (Å²) < 4.78 is 40.2. The first-order chi connectivity index (χ1) is 11.3. The zero-order valence-corrected chi connectivity index (χ0v) is 13.3. The molecule has 0 bridgehead atoms. The van der Waals surface area contributed by atoms with Crippen LogP contribution in [-0.4, -0.2) is 36.1 Å². The number of ether oxygens (including phenoxy) is 1. The van der Waals surface area contributed by atoms with E-state index in [0.717, 1.165) is 11.1 Å². The highest BCUT2D eigenvalue weighted by Gasteiger charge is 2.30. The van der Waals surface area contributed by atoms with Crippen molar-refractivity contribution >= 4 is 0 Å². The zero-order chi connectivity index (χ0) is 17.6. The van der Waals surface area contributed by atoms with Gasteiger partial charge in [-0.05, 0) is 36.7 Å². The number of halogens is 3. The van der Waals surface area contributed by atoms with Crippen LogP contribution in [0.5, 0.6) is 5.75 Å². The van der Waals surface area contributed by atoms with E-state index in [4.69, 9.17) is 0 Å². The molecule has 0 spiro atoms. The Morgan fingerprint density at radius 2 is 1.62 bits per heavy atom. The topological polar surface area (TPSA) is 32.7 Å². The van der Waals surface area contributed by atoms with Gasteiger partial charge in [0.25, 0.3) is 0 Å². The molecule has 1 unspecified atom stereocenters. The number of nitrogens with zero attached hydrogens (tertiary/aromatic N) is 1. The van der Waals surface area contributed by atoms with E-state index in [0.29, 0.717) is 19.5 Å². The van der Waals surface area contributed by atoms with E-state index in [9.17, 15) is 18.3 Å². The van der Waals surface area contributed by atoms with E-state index >= 15 is 0 Å². The first kappa shape index (κ1) is 18.3. The molecule has 0 aromatic heterocycles. The molecule has 3 nitrogen and oxygen atoms in total. The van der Waals surface area contributed by atoms with Crippen molar-refractivity contribution in [2.24, 2.45) is 0 Å². The average Bonchev–Trinajstić information content (AvgIpc) is 2.48. The Kier molecular flexibility index (Phi) is 6.23. The fourth-order valence-electron chi connectivity index (χ4n) is 2.48. The Bertz CT molecular complexity index is 614. The van der Waals surface area contributed by atoms with Crippen LogP contribution in [0.15, 0.2) is 54.6 Å². The molecule has 0 fully saturated rings. The van der Waals surface area contributed by atoms with Gasteiger partial charge in [-0.3, -0.25) is 4.90 Å². The predicted molar refractivity (Wildman–Crippen MR) is 85.6 cm³/mol. The number of benzene rings is 2. The molecule has 0 radical (unpaired) electrons. The van der Waals surface area contributed by atoms with E-state index in [-0.39, 0.29) is 5.75 Å². The van der Waals surface area contributed by atoms with Crippen LogP contribution in [-0.2, 0) is 13.0 Å². The second-order valence-corrected chi connectivity index (χ2v) is 5.73. The Morgan fingerprint density at radius 3 is 2.21 bits per heavy atom. The molecule has 0 aliphatic rings. The van der Waals surface area contributed by atoms with Crippen LogP contribution in [0.3, 0.4) is 0 Å². The molecule has 2 rings (SSSR count). The Morgan fingerprint density at radius 1 is 1.00 bits per heavy atom. The summed E-state index contributed by atoms with van der Waals surface area (Å²) in [6.45, 7) is 0.994. The minimum atomic E-state index is -4.68. The van der Waals surface area contributed by atoms with Crippen LogP contribution in [0.2, 0.25) is 0 Å². The summed E-state index contributed by atoms with van der Waals surface area (Å²) >= 11 is 0.